The highest BCUT2D eigenvalue weighted by Gasteiger charge is 2.28. The number of nitrogens with zero attached hydrogens (tertiary/aromatic N) is 1. The highest BCUT2D eigenvalue weighted by atomic mass is 19.1. The van der Waals surface area contributed by atoms with Crippen LogP contribution in [0.1, 0.15) is 50.5 Å². The van der Waals surface area contributed by atoms with Crippen molar-refractivity contribution in [1.82, 2.24) is 10.6 Å². The predicted molar refractivity (Wildman–Crippen MR) is 95.1 cm³/mol. The standard InChI is InChI=1S/C19H24FN3O3/c20-14-6-4-5-13(11-14)16-12-17(26-23-16)19(25)21-10-9-18(24)22-15-7-2-1-3-8-15/h4-6,11,15,17H,1-3,7-10,12H2,(H,21,25)(H,22,24). The molecule has 0 spiro atoms. The summed E-state index contributed by atoms with van der Waals surface area (Å²) in [6.45, 7) is 0.256. The van der Waals surface area contributed by atoms with Crippen molar-refractivity contribution in [2.45, 2.75) is 57.1 Å². The van der Waals surface area contributed by atoms with Gasteiger partial charge in [0.05, 0.1) is 5.71 Å². The Morgan fingerprint density at radius 1 is 1.23 bits per heavy atom. The Morgan fingerprint density at radius 2 is 2.04 bits per heavy atom. The predicted octanol–water partition coefficient (Wildman–Crippen LogP) is 2.27. The fourth-order valence-corrected chi connectivity index (χ4v) is 3.32. The lowest BCUT2D eigenvalue weighted by Gasteiger charge is -2.22. The van der Waals surface area contributed by atoms with Gasteiger partial charge in [-0.05, 0) is 25.0 Å². The molecular formula is C19H24FN3O3. The molecule has 1 unspecified atom stereocenters. The summed E-state index contributed by atoms with van der Waals surface area (Å²) in [5.41, 5.74) is 1.15. The lowest BCUT2D eigenvalue weighted by Crippen LogP contribution is -2.40. The molecule has 2 N–H and O–H groups in total. The van der Waals surface area contributed by atoms with Crippen molar-refractivity contribution in [3.05, 3.63) is 35.6 Å². The molecule has 1 fully saturated rings. The van der Waals surface area contributed by atoms with Crippen molar-refractivity contribution in [3.8, 4) is 0 Å². The number of benzene rings is 1. The number of halogens is 1. The molecule has 3 rings (SSSR count). The van der Waals surface area contributed by atoms with E-state index < -0.39 is 6.10 Å². The van der Waals surface area contributed by atoms with Gasteiger partial charge >= 0.3 is 0 Å². The average molecular weight is 361 g/mol. The molecule has 7 heteroatoms. The van der Waals surface area contributed by atoms with Crippen LogP contribution in [0, 0.1) is 5.82 Å². The molecule has 1 aromatic carbocycles. The first kappa shape index (κ1) is 18.4. The van der Waals surface area contributed by atoms with Gasteiger partial charge in [-0.3, -0.25) is 9.59 Å². The highest BCUT2D eigenvalue weighted by molar-refractivity contribution is 6.04. The van der Waals surface area contributed by atoms with Gasteiger partial charge in [-0.2, -0.15) is 0 Å². The van der Waals surface area contributed by atoms with Crippen molar-refractivity contribution in [3.63, 3.8) is 0 Å². The van der Waals surface area contributed by atoms with Crippen molar-refractivity contribution < 1.29 is 18.8 Å². The number of oxime groups is 1. The molecule has 1 aromatic rings. The molecular weight excluding hydrogens is 337 g/mol. The van der Waals surface area contributed by atoms with Crippen LogP contribution in [0.15, 0.2) is 29.4 Å². The van der Waals surface area contributed by atoms with E-state index in [4.69, 9.17) is 4.84 Å². The van der Waals surface area contributed by atoms with E-state index >= 15 is 0 Å². The van der Waals surface area contributed by atoms with Crippen LogP contribution in [-0.4, -0.2) is 36.2 Å². The maximum absolute atomic E-state index is 13.3. The Balaban J connectivity index is 1.37. The molecule has 1 atom stereocenters. The largest absolute Gasteiger partial charge is 0.382 e. The zero-order valence-electron chi connectivity index (χ0n) is 14.7. The molecule has 1 aliphatic heterocycles. The summed E-state index contributed by atoms with van der Waals surface area (Å²) in [6, 6.07) is 6.29. The molecule has 0 aromatic heterocycles. The van der Waals surface area contributed by atoms with Crippen LogP contribution in [-0.2, 0) is 14.4 Å². The van der Waals surface area contributed by atoms with Gasteiger partial charge in [0.2, 0.25) is 12.0 Å². The molecule has 140 valence electrons. The number of nitrogens with one attached hydrogen (secondary N) is 2. The fraction of sp³-hybridized carbons (Fsp3) is 0.526. The van der Waals surface area contributed by atoms with Crippen LogP contribution >= 0.6 is 0 Å². The van der Waals surface area contributed by atoms with Gasteiger partial charge in [-0.1, -0.05) is 36.6 Å². The summed E-state index contributed by atoms with van der Waals surface area (Å²) in [4.78, 5) is 29.2. The van der Waals surface area contributed by atoms with Crippen LogP contribution in [0.25, 0.3) is 0 Å². The first-order chi connectivity index (χ1) is 12.6. The minimum absolute atomic E-state index is 0.0405. The minimum Gasteiger partial charge on any atom is -0.382 e. The highest BCUT2D eigenvalue weighted by Crippen LogP contribution is 2.18. The van der Waals surface area contributed by atoms with Gasteiger partial charge in [0, 0.05) is 31.0 Å². The Kier molecular flexibility index (Phi) is 6.20. The van der Waals surface area contributed by atoms with E-state index in [-0.39, 0.29) is 43.1 Å². The number of hydrogen-bond donors (Lipinski definition) is 2. The third kappa shape index (κ3) is 5.03. The molecule has 2 aliphatic rings. The van der Waals surface area contributed by atoms with E-state index in [1.807, 2.05) is 0 Å². The number of amides is 2. The quantitative estimate of drug-likeness (QED) is 0.816. The topological polar surface area (TPSA) is 79.8 Å². The van der Waals surface area contributed by atoms with Crippen LogP contribution in [0.4, 0.5) is 4.39 Å². The van der Waals surface area contributed by atoms with Gasteiger partial charge in [0.15, 0.2) is 0 Å². The number of carbonyl (C=O) groups excluding carboxylic acids is 2. The van der Waals surface area contributed by atoms with E-state index in [1.165, 1.54) is 18.6 Å². The third-order valence-corrected chi connectivity index (χ3v) is 4.74. The van der Waals surface area contributed by atoms with E-state index in [1.54, 1.807) is 12.1 Å². The molecule has 1 aliphatic carbocycles. The smallest absolute Gasteiger partial charge is 0.264 e. The third-order valence-electron chi connectivity index (χ3n) is 4.74. The summed E-state index contributed by atoms with van der Waals surface area (Å²) >= 11 is 0. The molecule has 0 saturated heterocycles. The molecule has 0 radical (unpaired) electrons. The zero-order chi connectivity index (χ0) is 18.4. The van der Waals surface area contributed by atoms with E-state index in [0.29, 0.717) is 11.3 Å². The van der Waals surface area contributed by atoms with Gasteiger partial charge in [0.1, 0.15) is 5.82 Å². The summed E-state index contributed by atoms with van der Waals surface area (Å²) in [7, 11) is 0. The second-order valence-corrected chi connectivity index (χ2v) is 6.79. The Hall–Kier alpha value is -2.44. The van der Waals surface area contributed by atoms with Crippen LogP contribution in [0.3, 0.4) is 0 Å². The van der Waals surface area contributed by atoms with E-state index in [9.17, 15) is 14.0 Å². The van der Waals surface area contributed by atoms with Crippen molar-refractivity contribution in [1.29, 1.82) is 0 Å². The molecule has 6 nitrogen and oxygen atoms in total. The maximum Gasteiger partial charge on any atom is 0.264 e. The first-order valence-corrected chi connectivity index (χ1v) is 9.17. The second kappa shape index (κ2) is 8.78. The monoisotopic (exact) mass is 361 g/mol. The van der Waals surface area contributed by atoms with Crippen molar-refractivity contribution in [2.24, 2.45) is 5.16 Å². The molecule has 0 bridgehead atoms. The van der Waals surface area contributed by atoms with Crippen LogP contribution < -0.4 is 10.6 Å². The van der Waals surface area contributed by atoms with Gasteiger partial charge in [0.25, 0.3) is 5.91 Å². The van der Waals surface area contributed by atoms with Crippen molar-refractivity contribution >= 4 is 17.5 Å². The summed E-state index contributed by atoms with van der Waals surface area (Å²) in [5.74, 6) is -0.714. The number of rotatable bonds is 6. The lowest BCUT2D eigenvalue weighted by molar-refractivity contribution is -0.131. The molecule has 1 heterocycles. The average Bonchev–Trinajstić information content (AvgIpc) is 3.13. The van der Waals surface area contributed by atoms with Crippen molar-refractivity contribution in [2.75, 3.05) is 6.54 Å². The number of carbonyl (C=O) groups is 2. The van der Waals surface area contributed by atoms with E-state index in [0.717, 1.165) is 25.7 Å². The molecule has 2 amide bonds. The van der Waals surface area contributed by atoms with Crippen LogP contribution in [0.5, 0.6) is 0 Å². The van der Waals surface area contributed by atoms with Crippen LogP contribution in [0.2, 0.25) is 0 Å². The second-order valence-electron chi connectivity index (χ2n) is 6.79. The molecule has 1 saturated carbocycles. The summed E-state index contributed by atoms with van der Waals surface area (Å²) < 4.78 is 13.3. The fourth-order valence-electron chi connectivity index (χ4n) is 3.32. The van der Waals surface area contributed by atoms with Gasteiger partial charge in [-0.15, -0.1) is 0 Å². The van der Waals surface area contributed by atoms with E-state index in [2.05, 4.69) is 15.8 Å². The number of hydrogen-bond acceptors (Lipinski definition) is 4. The Bertz CT molecular complexity index is 686. The lowest BCUT2D eigenvalue weighted by atomic mass is 9.95. The maximum atomic E-state index is 13.3. The Morgan fingerprint density at radius 3 is 2.81 bits per heavy atom. The van der Waals surface area contributed by atoms with Gasteiger partial charge < -0.3 is 15.5 Å². The zero-order valence-corrected chi connectivity index (χ0v) is 14.7. The summed E-state index contributed by atoms with van der Waals surface area (Å²) in [5, 5.41) is 9.60. The normalized spacial score (nSPS) is 20.2. The first-order valence-electron chi connectivity index (χ1n) is 9.17. The van der Waals surface area contributed by atoms with Gasteiger partial charge in [-0.25, -0.2) is 4.39 Å². The summed E-state index contributed by atoms with van der Waals surface area (Å²) in [6.07, 6.45) is 5.42. The molecule has 26 heavy (non-hydrogen) atoms. The minimum atomic E-state index is -0.741. The SMILES string of the molecule is O=C(CCNC(=O)C1CC(c2cccc(F)c2)=NO1)NC1CCCCC1. The Labute approximate surface area is 152 Å².